The van der Waals surface area contributed by atoms with Crippen LogP contribution in [-0.2, 0) is 14.3 Å². The third-order valence-corrected chi connectivity index (χ3v) is 12.4. The molecule has 3 aliphatic rings. The number of likely N-dealkylation sites (tertiary alicyclic amines) is 2. The van der Waals surface area contributed by atoms with Crippen molar-refractivity contribution in [1.82, 2.24) is 39.4 Å². The predicted octanol–water partition coefficient (Wildman–Crippen LogP) is 8.17. The van der Waals surface area contributed by atoms with E-state index in [1.807, 2.05) is 80.6 Å². The maximum atomic E-state index is 15.1. The van der Waals surface area contributed by atoms with E-state index in [2.05, 4.69) is 25.6 Å². The highest BCUT2D eigenvalue weighted by Gasteiger charge is 2.51. The van der Waals surface area contributed by atoms with Crippen molar-refractivity contribution >= 4 is 22.7 Å². The van der Waals surface area contributed by atoms with Crippen LogP contribution >= 0.6 is 0 Å². The van der Waals surface area contributed by atoms with Gasteiger partial charge >= 0.3 is 0 Å². The number of rotatable bonds is 11. The zero-order chi connectivity index (χ0) is 44.3. The molecular formula is C47H51F2N9O5. The van der Waals surface area contributed by atoms with Crippen molar-refractivity contribution in [2.24, 2.45) is 11.7 Å². The van der Waals surface area contributed by atoms with Crippen molar-refractivity contribution in [3.05, 3.63) is 114 Å². The number of benzene rings is 3. The van der Waals surface area contributed by atoms with E-state index >= 15 is 8.78 Å². The van der Waals surface area contributed by atoms with Crippen LogP contribution in [0, 0.1) is 5.92 Å². The van der Waals surface area contributed by atoms with Gasteiger partial charge in [0.1, 0.15) is 30.2 Å². The Balaban J connectivity index is 1.03. The van der Waals surface area contributed by atoms with Crippen molar-refractivity contribution < 1.29 is 33.1 Å². The van der Waals surface area contributed by atoms with E-state index in [9.17, 15) is 14.8 Å². The highest BCUT2D eigenvalue weighted by Crippen LogP contribution is 2.47. The molecule has 9 rings (SSSR count). The van der Waals surface area contributed by atoms with Crippen molar-refractivity contribution in [3.63, 3.8) is 0 Å². The number of amides is 2. The van der Waals surface area contributed by atoms with Crippen LogP contribution in [-0.4, -0.2) is 95.3 Å². The zero-order valence-electron chi connectivity index (χ0n) is 35.8. The molecule has 2 fully saturated rings. The van der Waals surface area contributed by atoms with Gasteiger partial charge in [0.15, 0.2) is 0 Å². The molecule has 3 aliphatic heterocycles. The molecule has 3 aromatic carbocycles. The number of aromatic amines is 2. The van der Waals surface area contributed by atoms with Gasteiger partial charge < -0.3 is 44.7 Å². The lowest BCUT2D eigenvalue weighted by molar-refractivity contribution is -0.199. The van der Waals surface area contributed by atoms with Gasteiger partial charge in [-0.25, -0.2) is 18.7 Å². The molecule has 14 nitrogen and oxygen atoms in total. The Kier molecular flexibility index (Phi) is 10.9. The van der Waals surface area contributed by atoms with Gasteiger partial charge in [-0.05, 0) is 68.5 Å². The van der Waals surface area contributed by atoms with Gasteiger partial charge in [0.25, 0.3) is 11.8 Å². The van der Waals surface area contributed by atoms with E-state index < -0.39 is 43.1 Å². The van der Waals surface area contributed by atoms with Gasteiger partial charge in [-0.15, -0.1) is 0 Å². The van der Waals surface area contributed by atoms with Crippen molar-refractivity contribution in [2.45, 2.75) is 77.2 Å². The largest absolute Gasteiger partial charge is 0.465 e. The quantitative estimate of drug-likeness (QED) is 0.0570. The highest BCUT2D eigenvalue weighted by atomic mass is 19.3. The number of halogens is 2. The van der Waals surface area contributed by atoms with Gasteiger partial charge in [0.05, 0.1) is 59.3 Å². The van der Waals surface area contributed by atoms with Crippen LogP contribution in [0.3, 0.4) is 0 Å². The van der Waals surface area contributed by atoms with E-state index in [-0.39, 0.29) is 36.1 Å². The van der Waals surface area contributed by atoms with Crippen molar-refractivity contribution in [2.75, 3.05) is 26.9 Å². The third kappa shape index (κ3) is 7.65. The van der Waals surface area contributed by atoms with Gasteiger partial charge in [-0.1, -0.05) is 56.3 Å². The van der Waals surface area contributed by atoms with Crippen LogP contribution in [0.25, 0.3) is 44.7 Å². The second-order valence-electron chi connectivity index (χ2n) is 17.3. The van der Waals surface area contributed by atoms with E-state index in [0.717, 1.165) is 72.9 Å². The van der Waals surface area contributed by atoms with Gasteiger partial charge in [0, 0.05) is 47.7 Å². The first-order valence-corrected chi connectivity index (χ1v) is 21.2. The Morgan fingerprint density at radius 3 is 2.33 bits per heavy atom. The predicted molar refractivity (Wildman–Crippen MR) is 232 cm³/mol. The normalized spacial score (nSPS) is 19.7. The molecule has 0 saturated carbocycles. The standard InChI is InChI=1S/C47H51F2N9O5/c1-26(2)40(50)44(59)55-17-9-12-36(55)42-51-23-34(53-42)30-13-15-32-37-19-31-18-29(14-16-35(31)58(37)46(63-39(32)20-30)28-10-7-6-8-11-28)33-22-52-43(54-33)38-21-47(48,49)24-56(38)45(60)41(27(3)4)57(61)25-62-5/h6-8,10-11,13-16,18-20,22-23,27,36,38,41,46,61H,9,12,17,21,24-25,50H2,1-5H3,(H,51,53)(H,52,54)/t36?,38-,41-,46?/m0/s1. The number of alkyl halides is 2. The minimum absolute atomic E-state index is 0.174. The molecule has 16 heteroatoms. The monoisotopic (exact) mass is 859 g/mol. The molecule has 2 saturated heterocycles. The summed E-state index contributed by atoms with van der Waals surface area (Å²) in [6, 6.07) is 21.9. The average molecular weight is 860 g/mol. The Morgan fingerprint density at radius 1 is 0.968 bits per heavy atom. The summed E-state index contributed by atoms with van der Waals surface area (Å²) in [4.78, 5) is 45.9. The molecule has 3 aromatic heterocycles. The maximum absolute atomic E-state index is 15.1. The molecule has 0 radical (unpaired) electrons. The lowest BCUT2D eigenvalue weighted by atomic mass is 10.0. The Labute approximate surface area is 363 Å². The fourth-order valence-corrected chi connectivity index (χ4v) is 9.27. The number of aromatic nitrogens is 5. The number of nitrogens with one attached hydrogen (secondary N) is 2. The second-order valence-corrected chi connectivity index (χ2v) is 17.3. The van der Waals surface area contributed by atoms with E-state index in [1.54, 1.807) is 31.1 Å². The molecule has 0 bridgehead atoms. The molecule has 0 spiro atoms. The van der Waals surface area contributed by atoms with Crippen LogP contribution < -0.4 is 10.5 Å². The van der Waals surface area contributed by atoms with Gasteiger partial charge in [-0.3, -0.25) is 9.59 Å². The molecule has 0 aliphatic carbocycles. The number of hydroxylamine groups is 2. The maximum Gasteiger partial charge on any atom is 0.270 e. The van der Waals surface area contributed by atoms with E-state index in [4.69, 9.17) is 20.2 Å². The van der Waals surface area contributed by atoms with Crippen molar-refractivity contribution in [1.29, 1.82) is 0 Å². The van der Waals surface area contributed by atoms with Crippen molar-refractivity contribution in [3.8, 4) is 39.5 Å². The van der Waals surface area contributed by atoms with Crippen LogP contribution in [0.5, 0.6) is 5.75 Å². The summed E-state index contributed by atoms with van der Waals surface area (Å²) < 4.78 is 44.2. The number of nitrogens with zero attached hydrogens (tertiary/aromatic N) is 6. The number of ether oxygens (including phenoxy) is 2. The van der Waals surface area contributed by atoms with Crippen LogP contribution in [0.2, 0.25) is 0 Å². The van der Waals surface area contributed by atoms with E-state index in [0.29, 0.717) is 23.8 Å². The van der Waals surface area contributed by atoms with E-state index in [1.165, 1.54) is 7.11 Å². The van der Waals surface area contributed by atoms with Crippen LogP contribution in [0.15, 0.2) is 96.5 Å². The number of nitrogens with two attached hydrogens (primary N) is 1. The number of carbonyl (C=O) groups is 2. The fraction of sp³-hybridized carbons (Fsp3) is 0.362. The topological polar surface area (TPSA) is 171 Å². The minimum Gasteiger partial charge on any atom is -0.465 e. The first kappa shape index (κ1) is 42.0. The molecule has 2 unspecified atom stereocenters. The van der Waals surface area contributed by atoms with Crippen LogP contribution in [0.4, 0.5) is 8.78 Å². The summed E-state index contributed by atoms with van der Waals surface area (Å²) in [7, 11) is 1.38. The molecule has 4 atom stereocenters. The molecular weight excluding hydrogens is 809 g/mol. The number of imidazole rings is 2. The second kappa shape index (κ2) is 16.4. The van der Waals surface area contributed by atoms with Gasteiger partial charge in [-0.2, -0.15) is 5.06 Å². The summed E-state index contributed by atoms with van der Waals surface area (Å²) >= 11 is 0. The number of hydrogen-bond acceptors (Lipinski definition) is 9. The molecule has 5 N–H and O–H groups in total. The molecule has 63 heavy (non-hydrogen) atoms. The summed E-state index contributed by atoms with van der Waals surface area (Å²) in [5.41, 5.74) is 14.0. The van der Waals surface area contributed by atoms with Crippen LogP contribution in [0.1, 0.15) is 82.5 Å². The number of methoxy groups -OCH3 is 1. The minimum atomic E-state index is -3.14. The first-order chi connectivity index (χ1) is 30.2. The smallest absolute Gasteiger partial charge is 0.270 e. The molecule has 6 heterocycles. The number of fused-ring (bicyclic) bond motifs is 5. The summed E-state index contributed by atoms with van der Waals surface area (Å²) in [6.45, 7) is 6.73. The Morgan fingerprint density at radius 2 is 1.65 bits per heavy atom. The fourth-order valence-electron chi connectivity index (χ4n) is 9.27. The Bertz CT molecular complexity index is 2720. The lowest BCUT2D eigenvalue weighted by Crippen LogP contribution is -2.51. The summed E-state index contributed by atoms with van der Waals surface area (Å²) in [5.74, 6) is -2.69. The average Bonchev–Trinajstić information content (AvgIpc) is 4.12. The number of carbonyl (C=O) groups excluding carboxylic acids is 2. The first-order valence-electron chi connectivity index (χ1n) is 21.2. The lowest BCUT2D eigenvalue weighted by Gasteiger charge is -2.33. The zero-order valence-corrected chi connectivity index (χ0v) is 35.8. The SMILES string of the molecule is COCN(O)[C@H](C(=O)N1CC(F)(F)C[C@H]1c1ncc(-c2ccc3c(c2)cc2n3C(c3ccccc3)Oc3cc(-c4cnc(C5CCCN5C(=O)C(N)=C(C)C)[nH]4)ccc3-2)[nH]1)C(C)C. The molecule has 6 aromatic rings. The third-order valence-electron chi connectivity index (χ3n) is 12.4. The van der Waals surface area contributed by atoms with Gasteiger partial charge in [0.2, 0.25) is 12.1 Å². The molecule has 328 valence electrons. The summed E-state index contributed by atoms with van der Waals surface area (Å²) in [5, 5.41) is 12.3. The summed E-state index contributed by atoms with van der Waals surface area (Å²) in [6.07, 6.45) is 3.93. The number of hydrogen-bond donors (Lipinski definition) is 4. The molecule has 2 amide bonds. The highest BCUT2D eigenvalue weighted by molar-refractivity contribution is 5.94. The number of allylic oxidation sites excluding steroid dienone is 1. The number of H-pyrrole nitrogens is 2. The Hall–Kier alpha value is -6.36.